The van der Waals surface area contributed by atoms with Gasteiger partial charge in [0.05, 0.1) is 30.2 Å². The van der Waals surface area contributed by atoms with Crippen LogP contribution in [0.2, 0.25) is 5.02 Å². The summed E-state index contributed by atoms with van der Waals surface area (Å²) in [6, 6.07) is 9.44. The van der Waals surface area contributed by atoms with Gasteiger partial charge in [-0.3, -0.25) is 4.72 Å². The van der Waals surface area contributed by atoms with E-state index in [2.05, 4.69) is 14.7 Å². The lowest BCUT2D eigenvalue weighted by molar-refractivity contribution is 0.403. The molecule has 2 aromatic carbocycles. The van der Waals surface area contributed by atoms with Gasteiger partial charge in [0, 0.05) is 5.02 Å². The first kappa shape index (κ1) is 14.7. The molecule has 0 spiro atoms. The molecule has 1 heterocycles. The number of anilines is 1. The Morgan fingerprint density at radius 2 is 2.05 bits per heavy atom. The fourth-order valence-corrected chi connectivity index (χ4v) is 3.55. The van der Waals surface area contributed by atoms with E-state index in [1.807, 2.05) is 0 Å². The second-order valence-corrected chi connectivity index (χ2v) is 6.62. The minimum absolute atomic E-state index is 0.0211. The van der Waals surface area contributed by atoms with Crippen LogP contribution in [0.1, 0.15) is 0 Å². The first-order chi connectivity index (χ1) is 10.5. The molecule has 0 unspecified atom stereocenters. The van der Waals surface area contributed by atoms with E-state index in [0.29, 0.717) is 10.7 Å². The molecule has 0 radical (unpaired) electrons. The summed E-state index contributed by atoms with van der Waals surface area (Å²) in [6.45, 7) is 0. The number of hydrogen-bond acceptors (Lipinski definition) is 4. The number of methoxy groups -OCH3 is 1. The Labute approximate surface area is 132 Å². The van der Waals surface area contributed by atoms with Crippen molar-refractivity contribution >= 4 is 38.3 Å². The molecule has 8 heteroatoms. The smallest absolute Gasteiger partial charge is 0.265 e. The molecule has 0 atom stereocenters. The van der Waals surface area contributed by atoms with Gasteiger partial charge < -0.3 is 9.72 Å². The van der Waals surface area contributed by atoms with E-state index >= 15 is 0 Å². The number of halogens is 1. The van der Waals surface area contributed by atoms with Gasteiger partial charge in [0.1, 0.15) is 10.6 Å². The van der Waals surface area contributed by atoms with E-state index in [-0.39, 0.29) is 10.6 Å². The number of aromatic nitrogens is 2. The van der Waals surface area contributed by atoms with Crippen molar-refractivity contribution in [2.24, 2.45) is 0 Å². The third-order valence-corrected chi connectivity index (χ3v) is 4.73. The van der Waals surface area contributed by atoms with Gasteiger partial charge in [-0.1, -0.05) is 11.6 Å². The molecule has 0 saturated heterocycles. The molecule has 0 aliphatic heterocycles. The van der Waals surface area contributed by atoms with Crippen LogP contribution < -0.4 is 9.46 Å². The average molecular weight is 338 g/mol. The Morgan fingerprint density at radius 1 is 1.23 bits per heavy atom. The number of sulfonamides is 1. The van der Waals surface area contributed by atoms with Crippen LogP contribution in [0.5, 0.6) is 5.75 Å². The Balaban J connectivity index is 2.01. The molecule has 0 aliphatic carbocycles. The number of benzene rings is 2. The van der Waals surface area contributed by atoms with Gasteiger partial charge in [-0.05, 0) is 36.4 Å². The van der Waals surface area contributed by atoms with Crippen LogP contribution in [0.4, 0.5) is 5.69 Å². The molecule has 2 N–H and O–H groups in total. The Bertz CT molecular complexity index is 937. The summed E-state index contributed by atoms with van der Waals surface area (Å²) in [7, 11) is -2.42. The highest BCUT2D eigenvalue weighted by Gasteiger charge is 2.20. The number of nitrogens with zero attached hydrogens (tertiary/aromatic N) is 1. The Hall–Kier alpha value is -2.25. The standard InChI is InChI=1S/C14H12ClN3O3S/c1-21-13-5-2-9(15)6-14(13)22(19,20)18-10-3-4-11-12(7-10)17-8-16-11/h2-8,18H,1H3,(H,16,17). The Morgan fingerprint density at radius 3 is 2.82 bits per heavy atom. The first-order valence-corrected chi connectivity index (χ1v) is 8.15. The van der Waals surface area contributed by atoms with E-state index < -0.39 is 10.0 Å². The molecule has 22 heavy (non-hydrogen) atoms. The number of ether oxygens (including phenoxy) is 1. The van der Waals surface area contributed by atoms with Gasteiger partial charge in [0.15, 0.2) is 0 Å². The summed E-state index contributed by atoms with van der Waals surface area (Å²) in [5.74, 6) is 0.222. The molecule has 0 aliphatic rings. The number of nitrogens with one attached hydrogen (secondary N) is 2. The maximum absolute atomic E-state index is 12.5. The first-order valence-electron chi connectivity index (χ1n) is 6.29. The fourth-order valence-electron chi connectivity index (χ4n) is 2.07. The summed E-state index contributed by atoms with van der Waals surface area (Å²) in [4.78, 5) is 6.99. The van der Waals surface area contributed by atoms with Crippen LogP contribution in [0.3, 0.4) is 0 Å². The van der Waals surface area contributed by atoms with Crippen molar-refractivity contribution < 1.29 is 13.2 Å². The highest BCUT2D eigenvalue weighted by atomic mass is 35.5. The monoisotopic (exact) mass is 337 g/mol. The number of fused-ring (bicyclic) bond motifs is 1. The van der Waals surface area contributed by atoms with Crippen molar-refractivity contribution in [2.45, 2.75) is 4.90 Å². The molecule has 1 aromatic heterocycles. The van der Waals surface area contributed by atoms with E-state index in [4.69, 9.17) is 16.3 Å². The number of imidazole rings is 1. The van der Waals surface area contributed by atoms with Crippen LogP contribution in [0.25, 0.3) is 11.0 Å². The molecule has 3 rings (SSSR count). The molecule has 0 amide bonds. The second kappa shape index (κ2) is 5.51. The molecule has 0 saturated carbocycles. The minimum atomic E-state index is -3.82. The highest BCUT2D eigenvalue weighted by molar-refractivity contribution is 7.92. The van der Waals surface area contributed by atoms with Crippen molar-refractivity contribution in [1.29, 1.82) is 0 Å². The van der Waals surface area contributed by atoms with Crippen molar-refractivity contribution in [3.05, 3.63) is 47.7 Å². The molecule has 6 nitrogen and oxygen atoms in total. The number of H-pyrrole nitrogens is 1. The predicted molar refractivity (Wildman–Crippen MR) is 84.9 cm³/mol. The summed E-state index contributed by atoms with van der Waals surface area (Å²) in [6.07, 6.45) is 1.54. The fraction of sp³-hybridized carbons (Fsp3) is 0.0714. The number of hydrogen-bond donors (Lipinski definition) is 2. The lowest BCUT2D eigenvalue weighted by Crippen LogP contribution is -2.14. The van der Waals surface area contributed by atoms with Crippen molar-refractivity contribution in [2.75, 3.05) is 11.8 Å². The summed E-state index contributed by atoms with van der Waals surface area (Å²) in [5.41, 5.74) is 1.90. The third kappa shape index (κ3) is 2.72. The van der Waals surface area contributed by atoms with Gasteiger partial charge in [-0.2, -0.15) is 0 Å². The van der Waals surface area contributed by atoms with Gasteiger partial charge in [-0.15, -0.1) is 0 Å². The van der Waals surface area contributed by atoms with Gasteiger partial charge in [0.2, 0.25) is 0 Å². The molecule has 0 fully saturated rings. The van der Waals surface area contributed by atoms with E-state index in [0.717, 1.165) is 11.0 Å². The molecule has 0 bridgehead atoms. The number of rotatable bonds is 4. The summed E-state index contributed by atoms with van der Waals surface area (Å²) >= 11 is 5.89. The molecule has 3 aromatic rings. The van der Waals surface area contributed by atoms with E-state index in [1.54, 1.807) is 30.6 Å². The van der Waals surface area contributed by atoms with Gasteiger partial charge in [0.25, 0.3) is 10.0 Å². The van der Waals surface area contributed by atoms with Crippen LogP contribution >= 0.6 is 11.6 Å². The van der Waals surface area contributed by atoms with Crippen molar-refractivity contribution in [3.63, 3.8) is 0 Å². The van der Waals surface area contributed by atoms with Crippen LogP contribution in [0, 0.1) is 0 Å². The van der Waals surface area contributed by atoms with Crippen molar-refractivity contribution in [3.8, 4) is 5.75 Å². The lowest BCUT2D eigenvalue weighted by atomic mass is 10.3. The topological polar surface area (TPSA) is 84.1 Å². The summed E-state index contributed by atoms with van der Waals surface area (Å²) in [5, 5.41) is 0.310. The lowest BCUT2D eigenvalue weighted by Gasteiger charge is -2.12. The van der Waals surface area contributed by atoms with E-state index in [9.17, 15) is 8.42 Å². The zero-order valence-corrected chi connectivity index (χ0v) is 13.1. The number of aromatic amines is 1. The van der Waals surface area contributed by atoms with E-state index in [1.165, 1.54) is 19.2 Å². The van der Waals surface area contributed by atoms with Gasteiger partial charge >= 0.3 is 0 Å². The predicted octanol–water partition coefficient (Wildman–Crippen LogP) is 3.03. The van der Waals surface area contributed by atoms with Crippen LogP contribution in [-0.4, -0.2) is 25.5 Å². The zero-order chi connectivity index (χ0) is 15.7. The average Bonchev–Trinajstić information content (AvgIpc) is 2.94. The van der Waals surface area contributed by atoms with Crippen LogP contribution in [-0.2, 0) is 10.0 Å². The molecule has 114 valence electrons. The second-order valence-electron chi connectivity index (χ2n) is 4.54. The summed E-state index contributed by atoms with van der Waals surface area (Å²) < 4.78 is 32.7. The third-order valence-electron chi connectivity index (χ3n) is 3.09. The largest absolute Gasteiger partial charge is 0.495 e. The quantitative estimate of drug-likeness (QED) is 0.766. The zero-order valence-electron chi connectivity index (χ0n) is 11.5. The SMILES string of the molecule is COc1ccc(Cl)cc1S(=O)(=O)Nc1ccc2nc[nH]c2c1. The maximum atomic E-state index is 12.5. The Kier molecular flexibility index (Phi) is 3.67. The minimum Gasteiger partial charge on any atom is -0.495 e. The highest BCUT2D eigenvalue weighted by Crippen LogP contribution is 2.29. The van der Waals surface area contributed by atoms with Crippen molar-refractivity contribution in [1.82, 2.24) is 9.97 Å². The molecular weight excluding hydrogens is 326 g/mol. The normalized spacial score (nSPS) is 11.5. The molecular formula is C14H12ClN3O3S. The maximum Gasteiger partial charge on any atom is 0.265 e. The van der Waals surface area contributed by atoms with Gasteiger partial charge in [-0.25, -0.2) is 13.4 Å². The van der Waals surface area contributed by atoms with Crippen LogP contribution in [0.15, 0.2) is 47.6 Å².